The Balaban J connectivity index is 1.49. The van der Waals surface area contributed by atoms with E-state index in [1.807, 2.05) is 11.0 Å². The second-order valence-corrected chi connectivity index (χ2v) is 5.87. The van der Waals surface area contributed by atoms with E-state index in [-0.39, 0.29) is 17.5 Å². The largest absolute Gasteiger partial charge is 0.506 e. The lowest BCUT2D eigenvalue weighted by Gasteiger charge is -2.35. The van der Waals surface area contributed by atoms with Crippen LogP contribution in [0, 0.1) is 5.82 Å². The fourth-order valence-electron chi connectivity index (χ4n) is 2.85. The third-order valence-corrected chi connectivity index (χ3v) is 4.21. The van der Waals surface area contributed by atoms with E-state index in [0.29, 0.717) is 39.0 Å². The molecule has 1 aliphatic heterocycles. The molecule has 0 bridgehead atoms. The molecule has 2 heterocycles. The molecule has 1 fully saturated rings. The van der Waals surface area contributed by atoms with Gasteiger partial charge < -0.3 is 14.9 Å². The monoisotopic (exact) mass is 329 g/mol. The number of piperazine rings is 1. The predicted molar refractivity (Wildman–Crippen MR) is 89.4 cm³/mol. The Bertz CT molecular complexity index is 698. The van der Waals surface area contributed by atoms with E-state index in [1.54, 1.807) is 18.2 Å². The first-order chi connectivity index (χ1) is 11.6. The van der Waals surface area contributed by atoms with Gasteiger partial charge in [-0.2, -0.15) is 0 Å². The van der Waals surface area contributed by atoms with E-state index < -0.39 is 0 Å². The molecule has 1 aromatic heterocycles. The van der Waals surface area contributed by atoms with Gasteiger partial charge in [0, 0.05) is 32.6 Å². The second kappa shape index (κ2) is 7.29. The summed E-state index contributed by atoms with van der Waals surface area (Å²) in [5, 5.41) is 9.28. The van der Waals surface area contributed by atoms with Crippen molar-refractivity contribution >= 4 is 11.7 Å². The smallest absolute Gasteiger partial charge is 0.223 e. The van der Waals surface area contributed by atoms with Gasteiger partial charge in [0.25, 0.3) is 0 Å². The van der Waals surface area contributed by atoms with E-state index in [9.17, 15) is 14.3 Å². The van der Waals surface area contributed by atoms with Crippen LogP contribution in [0.25, 0.3) is 0 Å². The summed E-state index contributed by atoms with van der Waals surface area (Å²) < 4.78 is 13.2. The van der Waals surface area contributed by atoms with Gasteiger partial charge in [-0.3, -0.25) is 4.79 Å². The number of carbonyl (C=O) groups is 1. The maximum Gasteiger partial charge on any atom is 0.223 e. The minimum atomic E-state index is -0.269. The molecule has 0 radical (unpaired) electrons. The van der Waals surface area contributed by atoms with E-state index in [0.717, 1.165) is 11.4 Å². The zero-order valence-corrected chi connectivity index (χ0v) is 13.4. The number of amides is 1. The molecule has 0 atom stereocenters. The van der Waals surface area contributed by atoms with Crippen LogP contribution in [0.2, 0.25) is 0 Å². The number of aromatic hydroxyl groups is 1. The van der Waals surface area contributed by atoms with E-state index in [2.05, 4.69) is 9.88 Å². The van der Waals surface area contributed by atoms with Crippen molar-refractivity contribution in [3.8, 4) is 5.75 Å². The topological polar surface area (TPSA) is 56.7 Å². The van der Waals surface area contributed by atoms with Gasteiger partial charge in [0.15, 0.2) is 0 Å². The zero-order valence-electron chi connectivity index (χ0n) is 13.4. The zero-order chi connectivity index (χ0) is 16.9. The Hall–Kier alpha value is -2.63. The van der Waals surface area contributed by atoms with Crippen LogP contribution in [0.4, 0.5) is 10.2 Å². The first kappa shape index (κ1) is 16.2. The molecule has 1 aliphatic rings. The minimum Gasteiger partial charge on any atom is -0.506 e. The number of carbonyl (C=O) groups excluding carboxylic acids is 1. The molecule has 1 N–H and O–H groups in total. The summed E-state index contributed by atoms with van der Waals surface area (Å²) in [6.45, 7) is 2.71. The third kappa shape index (κ3) is 4.01. The van der Waals surface area contributed by atoms with Gasteiger partial charge in [-0.15, -0.1) is 0 Å². The fourth-order valence-corrected chi connectivity index (χ4v) is 2.85. The van der Waals surface area contributed by atoms with Gasteiger partial charge in [0.05, 0.1) is 6.20 Å². The molecule has 0 spiro atoms. The number of halogens is 1. The lowest BCUT2D eigenvalue weighted by Crippen LogP contribution is -2.49. The lowest BCUT2D eigenvalue weighted by molar-refractivity contribution is -0.131. The molecule has 0 aliphatic carbocycles. The van der Waals surface area contributed by atoms with Crippen molar-refractivity contribution in [2.45, 2.75) is 12.8 Å². The van der Waals surface area contributed by atoms with Crippen molar-refractivity contribution in [2.75, 3.05) is 31.1 Å². The first-order valence-electron chi connectivity index (χ1n) is 8.04. The predicted octanol–water partition coefficient (Wildman–Crippen LogP) is 2.21. The lowest BCUT2D eigenvalue weighted by atomic mass is 10.1. The molecule has 3 rings (SSSR count). The number of hydrogen-bond donors (Lipinski definition) is 1. The normalized spacial score (nSPS) is 14.7. The first-order valence-corrected chi connectivity index (χ1v) is 8.04. The van der Waals surface area contributed by atoms with Gasteiger partial charge in [0.2, 0.25) is 5.91 Å². The summed E-state index contributed by atoms with van der Waals surface area (Å²) in [5.74, 6) is 0.775. The molecular formula is C18H20FN3O2. The van der Waals surface area contributed by atoms with Gasteiger partial charge in [-0.1, -0.05) is 12.1 Å². The van der Waals surface area contributed by atoms with Crippen molar-refractivity contribution in [1.29, 1.82) is 0 Å². The average Bonchev–Trinajstić information content (AvgIpc) is 2.61. The van der Waals surface area contributed by atoms with Crippen LogP contribution in [0.1, 0.15) is 12.0 Å². The maximum absolute atomic E-state index is 13.2. The average molecular weight is 329 g/mol. The number of rotatable bonds is 4. The van der Waals surface area contributed by atoms with Crippen LogP contribution < -0.4 is 4.90 Å². The van der Waals surface area contributed by atoms with Crippen molar-refractivity contribution in [3.63, 3.8) is 0 Å². The Morgan fingerprint density at radius 2 is 1.96 bits per heavy atom. The van der Waals surface area contributed by atoms with Gasteiger partial charge >= 0.3 is 0 Å². The van der Waals surface area contributed by atoms with Crippen molar-refractivity contribution in [2.24, 2.45) is 0 Å². The van der Waals surface area contributed by atoms with Crippen molar-refractivity contribution in [1.82, 2.24) is 9.88 Å². The Labute approximate surface area is 140 Å². The molecule has 24 heavy (non-hydrogen) atoms. The van der Waals surface area contributed by atoms with Crippen LogP contribution in [0.15, 0.2) is 42.6 Å². The number of nitrogens with zero attached hydrogens (tertiary/aromatic N) is 3. The highest BCUT2D eigenvalue weighted by Gasteiger charge is 2.21. The Morgan fingerprint density at radius 3 is 2.62 bits per heavy atom. The molecule has 1 saturated heterocycles. The Morgan fingerprint density at radius 1 is 1.17 bits per heavy atom. The number of benzene rings is 1. The molecule has 126 valence electrons. The van der Waals surface area contributed by atoms with E-state index >= 15 is 0 Å². The van der Waals surface area contributed by atoms with E-state index in [1.165, 1.54) is 18.3 Å². The number of pyridine rings is 1. The van der Waals surface area contributed by atoms with Crippen molar-refractivity contribution < 1.29 is 14.3 Å². The van der Waals surface area contributed by atoms with Crippen LogP contribution >= 0.6 is 0 Å². The molecule has 6 heteroatoms. The number of hydrogen-bond acceptors (Lipinski definition) is 4. The quantitative estimate of drug-likeness (QED) is 0.934. The summed E-state index contributed by atoms with van der Waals surface area (Å²) in [7, 11) is 0. The highest BCUT2D eigenvalue weighted by atomic mass is 19.1. The number of aromatic nitrogens is 1. The second-order valence-electron chi connectivity index (χ2n) is 5.87. The summed E-state index contributed by atoms with van der Waals surface area (Å²) in [6, 6.07) is 9.77. The fraction of sp³-hybridized carbons (Fsp3) is 0.333. The summed E-state index contributed by atoms with van der Waals surface area (Å²) in [5.41, 5.74) is 0.843. The molecule has 0 unspecified atom stereocenters. The number of aryl methyl sites for hydroxylation is 1. The molecule has 1 amide bonds. The van der Waals surface area contributed by atoms with Gasteiger partial charge in [-0.25, -0.2) is 9.37 Å². The molecule has 1 aromatic carbocycles. The minimum absolute atomic E-state index is 0.0950. The Kier molecular flexibility index (Phi) is 4.93. The summed E-state index contributed by atoms with van der Waals surface area (Å²) in [6.07, 6.45) is 2.36. The van der Waals surface area contributed by atoms with Crippen LogP contribution in [-0.2, 0) is 11.2 Å². The molecular weight excluding hydrogens is 309 g/mol. The maximum atomic E-state index is 13.2. The third-order valence-electron chi connectivity index (χ3n) is 4.21. The molecule has 0 saturated carbocycles. The summed E-state index contributed by atoms with van der Waals surface area (Å²) >= 11 is 0. The van der Waals surface area contributed by atoms with Crippen LogP contribution in [0.5, 0.6) is 5.75 Å². The van der Waals surface area contributed by atoms with Crippen LogP contribution in [0.3, 0.4) is 0 Å². The van der Waals surface area contributed by atoms with Crippen molar-refractivity contribution in [3.05, 3.63) is 54.0 Å². The number of anilines is 1. The van der Waals surface area contributed by atoms with Gasteiger partial charge in [0.1, 0.15) is 17.4 Å². The molecule has 2 aromatic rings. The van der Waals surface area contributed by atoms with E-state index in [4.69, 9.17) is 0 Å². The standard InChI is InChI=1S/C18H20FN3O2/c19-15-3-1-2-14(12-15)4-7-18(24)22-10-8-21(9-11-22)17-6-5-16(23)13-20-17/h1-3,5-6,12-13,23H,4,7-11H2. The highest BCUT2D eigenvalue weighted by molar-refractivity contribution is 5.76. The summed E-state index contributed by atoms with van der Waals surface area (Å²) in [4.78, 5) is 20.4. The SMILES string of the molecule is O=C(CCc1cccc(F)c1)N1CCN(c2ccc(O)cn2)CC1. The van der Waals surface area contributed by atoms with Gasteiger partial charge in [-0.05, 0) is 36.2 Å². The molecule has 5 nitrogen and oxygen atoms in total. The highest BCUT2D eigenvalue weighted by Crippen LogP contribution is 2.17. The van der Waals surface area contributed by atoms with Crippen LogP contribution in [-0.4, -0.2) is 47.1 Å².